The van der Waals surface area contributed by atoms with Crippen LogP contribution in [0.25, 0.3) is 0 Å². The fraction of sp³-hybridized carbons (Fsp3) is 0.417. The molecule has 1 amide bonds. The SMILES string of the molecule is Cc1cc(=O)c(C(=O)N2CCOC(C(=O)O)C2)c[nH]1. The molecule has 1 aliphatic heterocycles. The molecule has 1 fully saturated rings. The summed E-state index contributed by atoms with van der Waals surface area (Å²) in [5, 5.41) is 8.87. The summed E-state index contributed by atoms with van der Waals surface area (Å²) in [5.74, 6) is -1.59. The lowest BCUT2D eigenvalue weighted by Gasteiger charge is -2.30. The number of nitrogens with zero attached hydrogens (tertiary/aromatic N) is 1. The van der Waals surface area contributed by atoms with Crippen molar-refractivity contribution >= 4 is 11.9 Å². The van der Waals surface area contributed by atoms with Crippen molar-refractivity contribution in [2.24, 2.45) is 0 Å². The molecule has 0 aromatic carbocycles. The number of amides is 1. The lowest BCUT2D eigenvalue weighted by molar-refractivity contribution is -0.154. The number of nitrogens with one attached hydrogen (secondary N) is 1. The van der Waals surface area contributed by atoms with Crippen LogP contribution in [0.4, 0.5) is 0 Å². The summed E-state index contributed by atoms with van der Waals surface area (Å²) in [7, 11) is 0. The monoisotopic (exact) mass is 266 g/mol. The van der Waals surface area contributed by atoms with Crippen molar-refractivity contribution in [1.82, 2.24) is 9.88 Å². The molecule has 1 aliphatic rings. The third-order valence-electron chi connectivity index (χ3n) is 2.92. The lowest BCUT2D eigenvalue weighted by atomic mass is 10.2. The summed E-state index contributed by atoms with van der Waals surface area (Å²) in [5.41, 5.74) is 0.295. The van der Waals surface area contributed by atoms with Gasteiger partial charge in [0.2, 0.25) is 0 Å². The molecule has 2 rings (SSSR count). The highest BCUT2D eigenvalue weighted by Gasteiger charge is 2.30. The molecule has 0 bridgehead atoms. The van der Waals surface area contributed by atoms with Gasteiger partial charge in [-0.05, 0) is 6.92 Å². The number of morpholine rings is 1. The van der Waals surface area contributed by atoms with Gasteiger partial charge in [-0.15, -0.1) is 0 Å². The van der Waals surface area contributed by atoms with E-state index in [0.29, 0.717) is 5.69 Å². The Bertz CT molecular complexity index is 565. The Labute approximate surface area is 108 Å². The van der Waals surface area contributed by atoms with Gasteiger partial charge in [-0.2, -0.15) is 0 Å². The number of carboxylic acid groups (broad SMARTS) is 1. The van der Waals surface area contributed by atoms with E-state index in [4.69, 9.17) is 9.84 Å². The molecule has 2 N–H and O–H groups in total. The van der Waals surface area contributed by atoms with Crippen molar-refractivity contribution in [3.63, 3.8) is 0 Å². The molecule has 1 unspecified atom stereocenters. The second kappa shape index (κ2) is 5.23. The highest BCUT2D eigenvalue weighted by Crippen LogP contribution is 2.08. The molecular weight excluding hydrogens is 252 g/mol. The van der Waals surface area contributed by atoms with E-state index in [2.05, 4.69) is 4.98 Å². The van der Waals surface area contributed by atoms with E-state index < -0.39 is 18.0 Å². The number of aromatic amines is 1. The topological polar surface area (TPSA) is 99.7 Å². The Kier molecular flexibility index (Phi) is 3.66. The van der Waals surface area contributed by atoms with Gasteiger partial charge >= 0.3 is 5.97 Å². The van der Waals surface area contributed by atoms with Crippen molar-refractivity contribution in [3.05, 3.63) is 33.7 Å². The van der Waals surface area contributed by atoms with Crippen molar-refractivity contribution < 1.29 is 19.4 Å². The Morgan fingerprint density at radius 3 is 2.89 bits per heavy atom. The fourth-order valence-electron chi connectivity index (χ4n) is 1.89. The number of carbonyl (C=O) groups is 2. The van der Waals surface area contributed by atoms with E-state index in [1.165, 1.54) is 17.2 Å². The summed E-state index contributed by atoms with van der Waals surface area (Å²) >= 11 is 0. The minimum Gasteiger partial charge on any atom is -0.479 e. The molecule has 7 heteroatoms. The summed E-state index contributed by atoms with van der Waals surface area (Å²) in [6.45, 7) is 2.08. The van der Waals surface area contributed by atoms with Gasteiger partial charge in [0.15, 0.2) is 11.5 Å². The quantitative estimate of drug-likeness (QED) is 0.759. The number of hydrogen-bond donors (Lipinski definition) is 2. The molecular formula is C12H14N2O5. The maximum atomic E-state index is 12.2. The van der Waals surface area contributed by atoms with Gasteiger partial charge in [0.1, 0.15) is 5.56 Å². The minimum atomic E-state index is -1.12. The second-order valence-electron chi connectivity index (χ2n) is 4.34. The Balaban J connectivity index is 2.19. The van der Waals surface area contributed by atoms with Crippen LogP contribution in [-0.2, 0) is 9.53 Å². The Morgan fingerprint density at radius 2 is 2.26 bits per heavy atom. The minimum absolute atomic E-state index is 0.0108. The Hall–Kier alpha value is -2.15. The highest BCUT2D eigenvalue weighted by molar-refractivity contribution is 5.94. The second-order valence-corrected chi connectivity index (χ2v) is 4.34. The Morgan fingerprint density at radius 1 is 1.53 bits per heavy atom. The van der Waals surface area contributed by atoms with Crippen LogP contribution in [-0.4, -0.2) is 52.7 Å². The van der Waals surface area contributed by atoms with Crippen LogP contribution in [0.3, 0.4) is 0 Å². The predicted molar refractivity (Wildman–Crippen MR) is 65.1 cm³/mol. The number of pyridine rings is 1. The largest absolute Gasteiger partial charge is 0.479 e. The number of carboxylic acids is 1. The summed E-state index contributed by atoms with van der Waals surface area (Å²) in [4.78, 5) is 38.8. The van der Waals surface area contributed by atoms with Crippen molar-refractivity contribution in [2.45, 2.75) is 13.0 Å². The van der Waals surface area contributed by atoms with Gasteiger partial charge in [-0.1, -0.05) is 0 Å². The molecule has 1 aromatic heterocycles. The first kappa shape index (κ1) is 13.3. The molecule has 0 saturated carbocycles. The first-order valence-electron chi connectivity index (χ1n) is 5.82. The fourth-order valence-corrected chi connectivity index (χ4v) is 1.89. The van der Waals surface area contributed by atoms with Gasteiger partial charge in [0, 0.05) is 24.5 Å². The van der Waals surface area contributed by atoms with Crippen LogP contribution >= 0.6 is 0 Å². The first-order chi connectivity index (χ1) is 8.99. The van der Waals surface area contributed by atoms with Crippen molar-refractivity contribution in [3.8, 4) is 0 Å². The van der Waals surface area contributed by atoms with E-state index in [1.807, 2.05) is 0 Å². The number of aromatic nitrogens is 1. The van der Waals surface area contributed by atoms with E-state index in [-0.39, 0.29) is 30.7 Å². The third kappa shape index (κ3) is 2.82. The van der Waals surface area contributed by atoms with Crippen LogP contribution < -0.4 is 5.43 Å². The molecule has 1 aromatic rings. The number of ether oxygens (including phenoxy) is 1. The van der Waals surface area contributed by atoms with Crippen LogP contribution in [0.5, 0.6) is 0 Å². The van der Waals surface area contributed by atoms with Crippen LogP contribution in [0.2, 0.25) is 0 Å². The van der Waals surface area contributed by atoms with E-state index >= 15 is 0 Å². The molecule has 19 heavy (non-hydrogen) atoms. The molecule has 102 valence electrons. The maximum absolute atomic E-state index is 12.2. The van der Waals surface area contributed by atoms with Crippen molar-refractivity contribution in [2.75, 3.05) is 19.7 Å². The maximum Gasteiger partial charge on any atom is 0.334 e. The van der Waals surface area contributed by atoms with E-state index in [1.54, 1.807) is 6.92 Å². The average Bonchev–Trinajstić information content (AvgIpc) is 2.38. The number of aliphatic carboxylic acids is 1. The molecule has 0 aliphatic carbocycles. The molecule has 0 spiro atoms. The van der Waals surface area contributed by atoms with Gasteiger partial charge in [-0.25, -0.2) is 4.79 Å². The van der Waals surface area contributed by atoms with Crippen LogP contribution in [0.1, 0.15) is 16.1 Å². The average molecular weight is 266 g/mol. The molecule has 0 radical (unpaired) electrons. The lowest BCUT2D eigenvalue weighted by Crippen LogP contribution is -2.49. The van der Waals surface area contributed by atoms with Gasteiger partial charge in [0.25, 0.3) is 5.91 Å². The van der Waals surface area contributed by atoms with Gasteiger partial charge in [0.05, 0.1) is 13.2 Å². The van der Waals surface area contributed by atoms with Gasteiger partial charge in [-0.3, -0.25) is 9.59 Å². The number of aryl methyl sites for hydroxylation is 1. The standard InChI is InChI=1S/C12H14N2O5/c1-7-4-9(15)8(5-13-7)11(16)14-2-3-19-10(6-14)12(17)18/h4-5,10H,2-3,6H2,1H3,(H,13,15)(H,17,18). The van der Waals surface area contributed by atoms with Crippen molar-refractivity contribution in [1.29, 1.82) is 0 Å². The number of hydrogen-bond acceptors (Lipinski definition) is 4. The number of carbonyl (C=O) groups excluding carboxylic acids is 1. The molecule has 1 saturated heterocycles. The van der Waals surface area contributed by atoms with E-state index in [9.17, 15) is 14.4 Å². The third-order valence-corrected chi connectivity index (χ3v) is 2.92. The predicted octanol–water partition coefficient (Wildman–Crippen LogP) is -0.391. The molecule has 2 heterocycles. The zero-order valence-electron chi connectivity index (χ0n) is 10.4. The molecule has 1 atom stereocenters. The summed E-state index contributed by atoms with van der Waals surface area (Å²) in [6, 6.07) is 1.34. The molecule has 7 nitrogen and oxygen atoms in total. The van der Waals surface area contributed by atoms with Crippen LogP contribution in [0, 0.1) is 6.92 Å². The summed E-state index contributed by atoms with van der Waals surface area (Å²) < 4.78 is 5.03. The highest BCUT2D eigenvalue weighted by atomic mass is 16.5. The zero-order valence-corrected chi connectivity index (χ0v) is 10.4. The number of H-pyrrole nitrogens is 1. The summed E-state index contributed by atoms with van der Waals surface area (Å²) in [6.07, 6.45) is 0.313. The smallest absolute Gasteiger partial charge is 0.334 e. The van der Waals surface area contributed by atoms with E-state index in [0.717, 1.165) is 0 Å². The van der Waals surface area contributed by atoms with Crippen LogP contribution in [0.15, 0.2) is 17.1 Å². The van der Waals surface area contributed by atoms with Gasteiger partial charge < -0.3 is 19.7 Å². The normalized spacial score (nSPS) is 19.2. The number of rotatable bonds is 2. The zero-order chi connectivity index (χ0) is 14.0. The first-order valence-corrected chi connectivity index (χ1v) is 5.82.